The molecule has 7 nitrogen and oxygen atoms in total. The molecule has 3 amide bonds. The number of carbonyl (C=O) groups excluding carboxylic acids is 3. The number of carbonyl (C=O) groups is 3. The second-order valence-corrected chi connectivity index (χ2v) is 7.03. The quantitative estimate of drug-likeness (QED) is 0.773. The fourth-order valence-electron chi connectivity index (χ4n) is 2.50. The zero-order valence-corrected chi connectivity index (χ0v) is 14.6. The summed E-state index contributed by atoms with van der Waals surface area (Å²) in [6.07, 6.45) is 3.76. The molecular weight excluding hydrogens is 298 g/mol. The number of rotatable bonds is 4. The Morgan fingerprint density at radius 1 is 1.13 bits per heavy atom. The van der Waals surface area contributed by atoms with E-state index in [1.54, 1.807) is 4.90 Å². The van der Waals surface area contributed by atoms with Crippen LogP contribution in [0.15, 0.2) is 0 Å². The summed E-state index contributed by atoms with van der Waals surface area (Å²) in [5.41, 5.74) is 4.17. The Kier molecular flexibility index (Phi) is 7.32. The van der Waals surface area contributed by atoms with E-state index in [4.69, 9.17) is 4.74 Å². The lowest BCUT2D eigenvalue weighted by Gasteiger charge is -2.33. The predicted molar refractivity (Wildman–Crippen MR) is 86.3 cm³/mol. The highest BCUT2D eigenvalue weighted by atomic mass is 16.6. The first-order valence-corrected chi connectivity index (χ1v) is 8.20. The van der Waals surface area contributed by atoms with Crippen LogP contribution in [0.1, 0.15) is 59.8 Å². The second-order valence-electron chi connectivity index (χ2n) is 7.03. The lowest BCUT2D eigenvalue weighted by Crippen LogP contribution is -2.42. The summed E-state index contributed by atoms with van der Waals surface area (Å²) in [6, 6.07) is 0. The van der Waals surface area contributed by atoms with Crippen LogP contribution in [-0.2, 0) is 14.3 Å². The van der Waals surface area contributed by atoms with Crippen LogP contribution >= 0.6 is 0 Å². The van der Waals surface area contributed by atoms with Crippen molar-refractivity contribution in [3.63, 3.8) is 0 Å². The molecule has 132 valence electrons. The molecule has 1 rings (SSSR count). The smallest absolute Gasteiger partial charge is 0.410 e. The first-order chi connectivity index (χ1) is 10.7. The topological polar surface area (TPSA) is 87.7 Å². The zero-order chi connectivity index (χ0) is 17.5. The van der Waals surface area contributed by atoms with Gasteiger partial charge in [-0.05, 0) is 52.4 Å². The van der Waals surface area contributed by atoms with E-state index >= 15 is 0 Å². The Hall–Kier alpha value is -1.79. The van der Waals surface area contributed by atoms with Gasteiger partial charge in [0.15, 0.2) is 0 Å². The van der Waals surface area contributed by atoms with Crippen molar-refractivity contribution < 1.29 is 19.1 Å². The first-order valence-electron chi connectivity index (χ1n) is 8.20. The standard InChI is InChI=1S/C16H29N3O4/c1-12(20)17-18-14(21)7-5-6-13-8-10-19(11-9-13)15(22)23-16(2,3)4/h13H,5-11H2,1-4H3,(H,17,20)(H,18,21). The molecule has 0 aliphatic carbocycles. The van der Waals surface area contributed by atoms with E-state index in [0.29, 0.717) is 25.4 Å². The van der Waals surface area contributed by atoms with Gasteiger partial charge in [0.05, 0.1) is 0 Å². The number of likely N-dealkylation sites (tertiary alicyclic amines) is 1. The number of piperidine rings is 1. The first kappa shape index (κ1) is 19.3. The molecule has 1 heterocycles. The van der Waals surface area contributed by atoms with Crippen molar-refractivity contribution in [2.24, 2.45) is 5.92 Å². The molecule has 1 saturated heterocycles. The monoisotopic (exact) mass is 327 g/mol. The van der Waals surface area contributed by atoms with Crippen molar-refractivity contribution >= 4 is 17.9 Å². The summed E-state index contributed by atoms with van der Waals surface area (Å²) in [5, 5.41) is 0. The van der Waals surface area contributed by atoms with E-state index in [1.807, 2.05) is 20.8 Å². The van der Waals surface area contributed by atoms with Gasteiger partial charge in [0.1, 0.15) is 5.60 Å². The van der Waals surface area contributed by atoms with Gasteiger partial charge in [-0.15, -0.1) is 0 Å². The molecule has 1 aliphatic heterocycles. The normalized spacial score (nSPS) is 15.9. The third-order valence-corrected chi connectivity index (χ3v) is 3.66. The minimum absolute atomic E-state index is 0.175. The maximum absolute atomic E-state index is 12.0. The van der Waals surface area contributed by atoms with Crippen molar-refractivity contribution in [2.75, 3.05) is 13.1 Å². The van der Waals surface area contributed by atoms with Crippen LogP contribution < -0.4 is 10.9 Å². The highest BCUT2D eigenvalue weighted by Gasteiger charge is 2.26. The van der Waals surface area contributed by atoms with E-state index < -0.39 is 5.60 Å². The number of nitrogens with zero attached hydrogens (tertiary/aromatic N) is 1. The number of amides is 3. The highest BCUT2D eigenvalue weighted by Crippen LogP contribution is 2.23. The van der Waals surface area contributed by atoms with Crippen molar-refractivity contribution in [1.82, 2.24) is 15.8 Å². The van der Waals surface area contributed by atoms with E-state index in [0.717, 1.165) is 25.7 Å². The van der Waals surface area contributed by atoms with E-state index in [-0.39, 0.29) is 17.9 Å². The summed E-state index contributed by atoms with van der Waals surface area (Å²) >= 11 is 0. The summed E-state index contributed by atoms with van der Waals surface area (Å²) in [6.45, 7) is 8.35. The average molecular weight is 327 g/mol. The lowest BCUT2D eigenvalue weighted by atomic mass is 9.91. The molecule has 23 heavy (non-hydrogen) atoms. The van der Waals surface area contributed by atoms with Crippen molar-refractivity contribution in [2.45, 2.75) is 65.4 Å². The summed E-state index contributed by atoms with van der Waals surface area (Å²) in [7, 11) is 0. The Labute approximate surface area is 138 Å². The average Bonchev–Trinajstić information content (AvgIpc) is 2.44. The van der Waals surface area contributed by atoms with Gasteiger partial charge in [0.25, 0.3) is 0 Å². The molecule has 1 fully saturated rings. The van der Waals surface area contributed by atoms with Gasteiger partial charge in [0, 0.05) is 26.4 Å². The zero-order valence-electron chi connectivity index (χ0n) is 14.6. The van der Waals surface area contributed by atoms with E-state index in [1.165, 1.54) is 6.92 Å². The van der Waals surface area contributed by atoms with Gasteiger partial charge in [-0.25, -0.2) is 4.79 Å². The minimum atomic E-state index is -0.463. The van der Waals surface area contributed by atoms with Gasteiger partial charge in [-0.1, -0.05) is 0 Å². The molecule has 0 unspecified atom stereocenters. The van der Waals surface area contributed by atoms with Crippen molar-refractivity contribution in [3.8, 4) is 0 Å². The molecule has 0 spiro atoms. The molecule has 0 saturated carbocycles. The van der Waals surface area contributed by atoms with E-state index in [9.17, 15) is 14.4 Å². The maximum Gasteiger partial charge on any atom is 0.410 e. The largest absolute Gasteiger partial charge is 0.444 e. The molecular formula is C16H29N3O4. The van der Waals surface area contributed by atoms with Crippen LogP contribution in [0.2, 0.25) is 0 Å². The fourth-order valence-corrected chi connectivity index (χ4v) is 2.50. The molecule has 0 aromatic carbocycles. The molecule has 0 aromatic heterocycles. The molecule has 0 radical (unpaired) electrons. The third kappa shape index (κ3) is 8.42. The molecule has 2 N–H and O–H groups in total. The lowest BCUT2D eigenvalue weighted by molar-refractivity contribution is -0.127. The van der Waals surface area contributed by atoms with Gasteiger partial charge in [0.2, 0.25) is 11.8 Å². The fraction of sp³-hybridized carbons (Fsp3) is 0.812. The van der Waals surface area contributed by atoms with Crippen LogP contribution in [0.25, 0.3) is 0 Å². The SMILES string of the molecule is CC(=O)NNC(=O)CCCC1CCN(C(=O)OC(C)(C)C)CC1. The van der Waals surface area contributed by atoms with Crippen molar-refractivity contribution in [1.29, 1.82) is 0 Å². The van der Waals surface area contributed by atoms with Gasteiger partial charge in [-0.3, -0.25) is 20.4 Å². The van der Waals surface area contributed by atoms with Gasteiger partial charge < -0.3 is 9.64 Å². The Balaban J connectivity index is 2.18. The van der Waals surface area contributed by atoms with Crippen LogP contribution in [0.4, 0.5) is 4.79 Å². The van der Waals surface area contributed by atoms with Crippen LogP contribution in [0, 0.1) is 5.92 Å². The number of hydrazine groups is 1. The number of hydrogen-bond acceptors (Lipinski definition) is 4. The van der Waals surface area contributed by atoms with E-state index in [2.05, 4.69) is 10.9 Å². The summed E-state index contributed by atoms with van der Waals surface area (Å²) < 4.78 is 5.37. The minimum Gasteiger partial charge on any atom is -0.444 e. The second kappa shape index (κ2) is 8.74. The van der Waals surface area contributed by atoms with Crippen LogP contribution in [0.5, 0.6) is 0 Å². The van der Waals surface area contributed by atoms with Crippen LogP contribution in [-0.4, -0.2) is 41.5 Å². The molecule has 0 bridgehead atoms. The predicted octanol–water partition coefficient (Wildman–Crippen LogP) is 1.97. The summed E-state index contributed by atoms with van der Waals surface area (Å²) in [5.74, 6) is 0.0708. The molecule has 7 heteroatoms. The maximum atomic E-state index is 12.0. The summed E-state index contributed by atoms with van der Waals surface area (Å²) in [4.78, 5) is 35.9. The Bertz CT molecular complexity index is 424. The number of hydrogen-bond donors (Lipinski definition) is 2. The van der Waals surface area contributed by atoms with Gasteiger partial charge >= 0.3 is 6.09 Å². The Morgan fingerprint density at radius 3 is 2.26 bits per heavy atom. The van der Waals surface area contributed by atoms with Gasteiger partial charge in [-0.2, -0.15) is 0 Å². The molecule has 1 aliphatic rings. The third-order valence-electron chi connectivity index (χ3n) is 3.66. The number of nitrogens with one attached hydrogen (secondary N) is 2. The molecule has 0 aromatic rings. The van der Waals surface area contributed by atoms with Crippen molar-refractivity contribution in [3.05, 3.63) is 0 Å². The Morgan fingerprint density at radius 2 is 1.74 bits per heavy atom. The molecule has 0 atom stereocenters. The highest BCUT2D eigenvalue weighted by molar-refractivity contribution is 5.80. The number of ether oxygens (including phenoxy) is 1. The van der Waals surface area contributed by atoms with Crippen LogP contribution in [0.3, 0.4) is 0 Å².